The van der Waals surface area contributed by atoms with Crippen LogP contribution in [0.25, 0.3) is 22.3 Å². The van der Waals surface area contributed by atoms with Crippen molar-refractivity contribution in [2.75, 3.05) is 7.11 Å². The van der Waals surface area contributed by atoms with E-state index in [1.54, 1.807) is 43.5 Å². The number of carbonyl (C=O) groups excluding carboxylic acids is 1. The zero-order valence-corrected chi connectivity index (χ0v) is 17.4. The van der Waals surface area contributed by atoms with Crippen molar-refractivity contribution in [3.8, 4) is 22.8 Å². The van der Waals surface area contributed by atoms with E-state index in [2.05, 4.69) is 0 Å². The number of methoxy groups -OCH3 is 1. The SMILES string of the molecule is COc1ccc(-c2oc3cc(C)ccc3c(=O)c2OC(=O)CCc2ccccc2)cc1. The lowest BCUT2D eigenvalue weighted by atomic mass is 10.1. The van der Waals surface area contributed by atoms with Gasteiger partial charge in [-0.3, -0.25) is 9.59 Å². The summed E-state index contributed by atoms with van der Waals surface area (Å²) in [6, 6.07) is 22.0. The molecule has 0 aliphatic carbocycles. The second-order valence-corrected chi connectivity index (χ2v) is 7.28. The fourth-order valence-corrected chi connectivity index (χ4v) is 3.36. The van der Waals surface area contributed by atoms with Crippen molar-refractivity contribution in [1.82, 2.24) is 0 Å². The second-order valence-electron chi connectivity index (χ2n) is 7.28. The standard InChI is InChI=1S/C26H22O5/c1-17-8-14-21-22(16-17)30-25(19-10-12-20(29-2)13-11-19)26(24(21)28)31-23(27)15-9-18-6-4-3-5-7-18/h3-8,10-14,16H,9,15H2,1-2H3. The molecule has 0 atom stereocenters. The Morgan fingerprint density at radius 3 is 2.42 bits per heavy atom. The fourth-order valence-electron chi connectivity index (χ4n) is 3.36. The van der Waals surface area contributed by atoms with Gasteiger partial charge in [0.25, 0.3) is 0 Å². The van der Waals surface area contributed by atoms with E-state index < -0.39 is 5.97 Å². The monoisotopic (exact) mass is 414 g/mol. The van der Waals surface area contributed by atoms with Crippen molar-refractivity contribution in [2.45, 2.75) is 19.8 Å². The average Bonchev–Trinajstić information content (AvgIpc) is 2.80. The van der Waals surface area contributed by atoms with Crippen LogP contribution in [-0.2, 0) is 11.2 Å². The summed E-state index contributed by atoms with van der Waals surface area (Å²) in [6.07, 6.45) is 0.674. The number of hydrogen-bond donors (Lipinski definition) is 0. The van der Waals surface area contributed by atoms with E-state index in [1.807, 2.05) is 43.3 Å². The van der Waals surface area contributed by atoms with Gasteiger partial charge in [0.1, 0.15) is 11.3 Å². The first-order chi connectivity index (χ1) is 15.0. The average molecular weight is 414 g/mol. The lowest BCUT2D eigenvalue weighted by Crippen LogP contribution is -2.16. The maximum absolute atomic E-state index is 13.2. The Labute approximate surface area is 179 Å². The quantitative estimate of drug-likeness (QED) is 0.400. The summed E-state index contributed by atoms with van der Waals surface area (Å²) < 4.78 is 16.8. The third kappa shape index (κ3) is 4.51. The molecular weight excluding hydrogens is 392 g/mol. The zero-order chi connectivity index (χ0) is 21.8. The van der Waals surface area contributed by atoms with Gasteiger partial charge in [-0.1, -0.05) is 36.4 Å². The minimum absolute atomic E-state index is 0.0976. The fraction of sp³-hybridized carbons (Fsp3) is 0.154. The predicted octanol–water partition coefficient (Wildman–Crippen LogP) is 5.32. The molecule has 0 amide bonds. The van der Waals surface area contributed by atoms with Crippen molar-refractivity contribution >= 4 is 16.9 Å². The van der Waals surface area contributed by atoms with Gasteiger partial charge in [0.05, 0.1) is 12.5 Å². The Morgan fingerprint density at radius 1 is 0.968 bits per heavy atom. The molecule has 5 nitrogen and oxygen atoms in total. The predicted molar refractivity (Wildman–Crippen MR) is 120 cm³/mol. The topological polar surface area (TPSA) is 65.7 Å². The summed E-state index contributed by atoms with van der Waals surface area (Å²) in [5.74, 6) is 0.305. The minimum atomic E-state index is -0.489. The van der Waals surface area contributed by atoms with Crippen LogP contribution >= 0.6 is 0 Å². The molecule has 5 heteroatoms. The molecule has 0 N–H and O–H groups in total. The van der Waals surface area contributed by atoms with E-state index >= 15 is 0 Å². The molecule has 4 aromatic rings. The van der Waals surface area contributed by atoms with E-state index in [0.29, 0.717) is 28.7 Å². The second kappa shape index (κ2) is 8.88. The van der Waals surface area contributed by atoms with Gasteiger partial charge in [-0.25, -0.2) is 0 Å². The van der Waals surface area contributed by atoms with E-state index in [9.17, 15) is 9.59 Å². The number of carbonyl (C=O) groups is 1. The molecule has 3 aromatic carbocycles. The zero-order valence-electron chi connectivity index (χ0n) is 17.4. The van der Waals surface area contributed by atoms with E-state index in [1.165, 1.54) is 0 Å². The normalized spacial score (nSPS) is 10.8. The molecule has 0 unspecified atom stereocenters. The number of benzene rings is 3. The summed E-state index contributed by atoms with van der Waals surface area (Å²) in [7, 11) is 1.58. The lowest BCUT2D eigenvalue weighted by Gasteiger charge is -2.11. The third-order valence-corrected chi connectivity index (χ3v) is 5.03. The van der Waals surface area contributed by atoms with E-state index in [-0.39, 0.29) is 23.4 Å². The molecule has 0 fully saturated rings. The van der Waals surface area contributed by atoms with Crippen molar-refractivity contribution in [1.29, 1.82) is 0 Å². The first-order valence-electron chi connectivity index (χ1n) is 10.0. The Bertz CT molecular complexity index is 1270. The van der Waals surface area contributed by atoms with Crippen LogP contribution in [0.1, 0.15) is 17.5 Å². The van der Waals surface area contributed by atoms with Gasteiger partial charge in [0.15, 0.2) is 5.76 Å². The Morgan fingerprint density at radius 2 is 1.71 bits per heavy atom. The van der Waals surface area contributed by atoms with Crippen LogP contribution in [0.5, 0.6) is 11.5 Å². The van der Waals surface area contributed by atoms with Crippen molar-refractivity contribution < 1.29 is 18.7 Å². The molecular formula is C26H22O5. The number of ether oxygens (including phenoxy) is 2. The van der Waals surface area contributed by atoms with E-state index in [0.717, 1.165) is 11.1 Å². The third-order valence-electron chi connectivity index (χ3n) is 5.03. The van der Waals surface area contributed by atoms with Gasteiger partial charge in [-0.2, -0.15) is 0 Å². The minimum Gasteiger partial charge on any atom is -0.497 e. The molecule has 0 bridgehead atoms. The highest BCUT2D eigenvalue weighted by molar-refractivity contribution is 5.84. The van der Waals surface area contributed by atoms with Crippen molar-refractivity contribution in [2.24, 2.45) is 0 Å². The van der Waals surface area contributed by atoms with Crippen molar-refractivity contribution in [3.05, 3.63) is 94.1 Å². The van der Waals surface area contributed by atoms with Gasteiger partial charge in [0.2, 0.25) is 11.2 Å². The maximum Gasteiger partial charge on any atom is 0.311 e. The van der Waals surface area contributed by atoms with Gasteiger partial charge in [0, 0.05) is 12.0 Å². The summed E-state index contributed by atoms with van der Waals surface area (Å²) in [5, 5.41) is 0.369. The first kappa shape index (κ1) is 20.4. The highest BCUT2D eigenvalue weighted by atomic mass is 16.5. The molecule has 0 spiro atoms. The molecule has 0 saturated carbocycles. The number of aryl methyl sites for hydroxylation is 2. The summed E-state index contributed by atoms with van der Waals surface area (Å²) >= 11 is 0. The van der Waals surface area contributed by atoms with Crippen LogP contribution in [0.3, 0.4) is 0 Å². The smallest absolute Gasteiger partial charge is 0.311 e. The van der Waals surface area contributed by atoms with Gasteiger partial charge in [-0.15, -0.1) is 0 Å². The molecule has 1 aromatic heterocycles. The van der Waals surface area contributed by atoms with Gasteiger partial charge >= 0.3 is 5.97 Å². The molecule has 0 aliphatic rings. The van der Waals surface area contributed by atoms with Crippen LogP contribution in [0.15, 0.2) is 82.0 Å². The van der Waals surface area contributed by atoms with Crippen LogP contribution in [0.4, 0.5) is 0 Å². The highest BCUT2D eigenvalue weighted by Crippen LogP contribution is 2.32. The summed E-state index contributed by atoms with van der Waals surface area (Å²) in [5.41, 5.74) is 2.67. The number of rotatable bonds is 6. The van der Waals surface area contributed by atoms with Crippen LogP contribution < -0.4 is 14.9 Å². The molecule has 1 heterocycles. The van der Waals surface area contributed by atoms with Crippen LogP contribution in [-0.4, -0.2) is 13.1 Å². The van der Waals surface area contributed by atoms with E-state index in [4.69, 9.17) is 13.9 Å². The molecule has 0 saturated heterocycles. The molecule has 0 radical (unpaired) electrons. The molecule has 156 valence electrons. The summed E-state index contributed by atoms with van der Waals surface area (Å²) in [4.78, 5) is 25.8. The molecule has 0 aliphatic heterocycles. The number of hydrogen-bond acceptors (Lipinski definition) is 5. The highest BCUT2D eigenvalue weighted by Gasteiger charge is 2.20. The first-order valence-corrected chi connectivity index (χ1v) is 10.0. The molecule has 31 heavy (non-hydrogen) atoms. The Kier molecular flexibility index (Phi) is 5.85. The van der Waals surface area contributed by atoms with Crippen LogP contribution in [0.2, 0.25) is 0 Å². The Balaban J connectivity index is 1.72. The molecule has 4 rings (SSSR count). The van der Waals surface area contributed by atoms with Crippen molar-refractivity contribution in [3.63, 3.8) is 0 Å². The van der Waals surface area contributed by atoms with Gasteiger partial charge in [-0.05, 0) is 60.9 Å². The largest absolute Gasteiger partial charge is 0.497 e. The Hall–Kier alpha value is -3.86. The number of esters is 1. The summed E-state index contributed by atoms with van der Waals surface area (Å²) in [6.45, 7) is 1.92. The maximum atomic E-state index is 13.2. The van der Waals surface area contributed by atoms with Crippen LogP contribution in [0, 0.1) is 6.92 Å². The van der Waals surface area contributed by atoms with Gasteiger partial charge < -0.3 is 13.9 Å². The lowest BCUT2D eigenvalue weighted by molar-refractivity contribution is -0.134. The number of fused-ring (bicyclic) bond motifs is 1.